The van der Waals surface area contributed by atoms with Crippen LogP contribution in [-0.2, 0) is 27.9 Å². The Labute approximate surface area is 194 Å². The van der Waals surface area contributed by atoms with Gasteiger partial charge in [-0.1, -0.05) is 46.8 Å². The van der Waals surface area contributed by atoms with Crippen LogP contribution in [-0.4, -0.2) is 37.2 Å². The van der Waals surface area contributed by atoms with E-state index in [0.29, 0.717) is 30.1 Å². The molecule has 0 amide bonds. The molecule has 0 aromatic carbocycles. The average molecular weight is 471 g/mol. The van der Waals surface area contributed by atoms with Crippen LogP contribution >= 0.6 is 7.60 Å². The lowest BCUT2D eigenvalue weighted by Crippen LogP contribution is -2.47. The monoisotopic (exact) mass is 470 g/mol. The van der Waals surface area contributed by atoms with Crippen molar-refractivity contribution in [1.29, 1.82) is 0 Å². The highest BCUT2D eigenvalue weighted by molar-refractivity contribution is 7.54. The van der Waals surface area contributed by atoms with Gasteiger partial charge in [0.25, 0.3) is 0 Å². The van der Waals surface area contributed by atoms with E-state index in [9.17, 15) is 14.2 Å². The molecule has 7 heteroatoms. The molecule has 0 N–H and O–H groups in total. The summed E-state index contributed by atoms with van der Waals surface area (Å²) in [6.07, 6.45) is 6.64. The first-order valence-corrected chi connectivity index (χ1v) is 14.0. The van der Waals surface area contributed by atoms with Gasteiger partial charge in [-0.25, -0.2) is 0 Å². The van der Waals surface area contributed by atoms with Gasteiger partial charge in [-0.05, 0) is 68.6 Å². The van der Waals surface area contributed by atoms with Crippen LogP contribution in [0.5, 0.6) is 0 Å². The fourth-order valence-electron chi connectivity index (χ4n) is 5.46. The Bertz CT molecular complexity index is 722. The summed E-state index contributed by atoms with van der Waals surface area (Å²) in [7, 11) is -3.54. The smallest absolute Gasteiger partial charge is 0.341 e. The van der Waals surface area contributed by atoms with Crippen LogP contribution in [0.3, 0.4) is 0 Å². The second-order valence-electron chi connectivity index (χ2n) is 10.1. The molecule has 0 aromatic heterocycles. The van der Waals surface area contributed by atoms with Crippen molar-refractivity contribution in [3.8, 4) is 0 Å². The zero-order chi connectivity index (χ0) is 24.1. The number of carbonyl (C=O) groups excluding carboxylic acids is 2. The lowest BCUT2D eigenvalue weighted by atomic mass is 9.61. The molecule has 0 bridgehead atoms. The van der Waals surface area contributed by atoms with Crippen LogP contribution in [0, 0.1) is 35.0 Å². The minimum Gasteiger partial charge on any atom is -0.454 e. The van der Waals surface area contributed by atoms with Crippen LogP contribution in [0.2, 0.25) is 0 Å². The summed E-state index contributed by atoms with van der Waals surface area (Å²) in [4.78, 5) is 25.7. The molecule has 32 heavy (non-hydrogen) atoms. The van der Waals surface area contributed by atoms with Gasteiger partial charge in [0.15, 0.2) is 11.9 Å². The number of hydrogen-bond donors (Lipinski definition) is 0. The lowest BCUT2D eigenvalue weighted by molar-refractivity contribution is -0.160. The molecule has 0 saturated heterocycles. The summed E-state index contributed by atoms with van der Waals surface area (Å²) >= 11 is 0. The zero-order valence-electron chi connectivity index (χ0n) is 21.0. The van der Waals surface area contributed by atoms with Gasteiger partial charge in [0, 0.05) is 5.92 Å². The summed E-state index contributed by atoms with van der Waals surface area (Å²) in [5, 5.41) is 0. The number of hydrogen-bond acceptors (Lipinski definition) is 6. The number of allylic oxidation sites excluding steroid dienone is 2. The molecule has 2 aliphatic carbocycles. The van der Waals surface area contributed by atoms with Crippen LogP contribution < -0.4 is 0 Å². The summed E-state index contributed by atoms with van der Waals surface area (Å²) in [5.41, 5.74) is -0.0727. The molecule has 2 saturated carbocycles. The molecule has 184 valence electrons. The molecule has 0 radical (unpaired) electrons. The van der Waals surface area contributed by atoms with Gasteiger partial charge in [-0.3, -0.25) is 14.2 Å². The largest absolute Gasteiger partial charge is 0.454 e. The lowest BCUT2D eigenvalue weighted by Gasteiger charge is -2.43. The Balaban J connectivity index is 2.02. The van der Waals surface area contributed by atoms with Gasteiger partial charge < -0.3 is 13.8 Å². The van der Waals surface area contributed by atoms with Gasteiger partial charge in [0.05, 0.1) is 13.2 Å². The molecule has 0 spiro atoms. The minimum atomic E-state index is -3.54. The molecular weight excluding hydrogens is 427 g/mol. The van der Waals surface area contributed by atoms with Crippen LogP contribution in [0.4, 0.5) is 0 Å². The number of fused-ring (bicyclic) bond motifs is 1. The molecule has 6 nitrogen and oxygen atoms in total. The minimum absolute atomic E-state index is 0.0176. The Morgan fingerprint density at radius 2 is 1.72 bits per heavy atom. The molecule has 0 unspecified atom stereocenters. The number of carbonyl (C=O) groups is 2. The number of esters is 1. The Kier molecular flexibility index (Phi) is 9.75. The van der Waals surface area contributed by atoms with Crippen molar-refractivity contribution >= 4 is 19.3 Å². The van der Waals surface area contributed by atoms with Crippen molar-refractivity contribution < 1.29 is 27.9 Å². The molecule has 2 fully saturated rings. The van der Waals surface area contributed by atoms with Crippen LogP contribution in [0.1, 0.15) is 74.1 Å². The summed E-state index contributed by atoms with van der Waals surface area (Å²) in [6.45, 7) is 14.9. The van der Waals surface area contributed by atoms with Crippen LogP contribution in [0.15, 0.2) is 12.2 Å². The molecule has 2 rings (SSSR count). The van der Waals surface area contributed by atoms with E-state index in [1.54, 1.807) is 13.8 Å². The molecule has 6 atom stereocenters. The third-order valence-electron chi connectivity index (χ3n) is 7.67. The van der Waals surface area contributed by atoms with Gasteiger partial charge in [-0.2, -0.15) is 0 Å². The van der Waals surface area contributed by atoms with E-state index in [0.717, 1.165) is 19.3 Å². The molecule has 0 aliphatic heterocycles. The fraction of sp³-hybridized carbons (Fsp3) is 0.840. The molecule has 0 heterocycles. The molecule has 0 aromatic rings. The van der Waals surface area contributed by atoms with Gasteiger partial charge in [0.1, 0.15) is 6.16 Å². The fourth-order valence-corrected chi connectivity index (χ4v) is 6.90. The third kappa shape index (κ3) is 6.33. The van der Waals surface area contributed by atoms with Crippen molar-refractivity contribution in [2.45, 2.75) is 80.3 Å². The predicted molar refractivity (Wildman–Crippen MR) is 126 cm³/mol. The molecular formula is C25H43O6P. The first kappa shape index (κ1) is 27.3. The highest BCUT2D eigenvalue weighted by atomic mass is 31.2. The number of ether oxygens (including phenoxy) is 1. The summed E-state index contributed by atoms with van der Waals surface area (Å²) in [5.74, 6) is 1.22. The maximum atomic E-state index is 13.3. The highest BCUT2D eigenvalue weighted by Gasteiger charge is 2.55. The van der Waals surface area contributed by atoms with E-state index >= 15 is 0 Å². The zero-order valence-corrected chi connectivity index (χ0v) is 21.9. The number of Topliss-reactive ketones (excluding diaryl/α,β-unsaturated/α-hetero) is 1. The Hall–Kier alpha value is -0.970. The summed E-state index contributed by atoms with van der Waals surface area (Å²) < 4.78 is 28.5. The van der Waals surface area contributed by atoms with Crippen molar-refractivity contribution in [1.82, 2.24) is 0 Å². The third-order valence-corrected chi connectivity index (χ3v) is 9.62. The maximum absolute atomic E-state index is 13.3. The van der Waals surface area contributed by atoms with E-state index in [-0.39, 0.29) is 30.3 Å². The van der Waals surface area contributed by atoms with Crippen molar-refractivity contribution in [2.24, 2.45) is 35.0 Å². The van der Waals surface area contributed by atoms with Crippen molar-refractivity contribution in [2.75, 3.05) is 19.4 Å². The van der Waals surface area contributed by atoms with Crippen molar-refractivity contribution in [3.05, 3.63) is 12.2 Å². The second kappa shape index (κ2) is 11.4. The van der Waals surface area contributed by atoms with Crippen molar-refractivity contribution in [3.63, 3.8) is 0 Å². The first-order chi connectivity index (χ1) is 15.0. The molecule has 2 aliphatic rings. The van der Waals surface area contributed by atoms with Gasteiger partial charge in [0.2, 0.25) is 0 Å². The summed E-state index contributed by atoms with van der Waals surface area (Å²) in [6, 6.07) is 0. The maximum Gasteiger partial charge on any atom is 0.341 e. The van der Waals surface area contributed by atoms with Crippen LogP contribution in [0.25, 0.3) is 0 Å². The topological polar surface area (TPSA) is 78.9 Å². The van der Waals surface area contributed by atoms with E-state index in [4.69, 9.17) is 13.8 Å². The van der Waals surface area contributed by atoms with E-state index in [2.05, 4.69) is 46.8 Å². The van der Waals surface area contributed by atoms with E-state index in [1.807, 2.05) is 0 Å². The van der Waals surface area contributed by atoms with Gasteiger partial charge >= 0.3 is 13.6 Å². The number of ketones is 1. The predicted octanol–water partition coefficient (Wildman–Crippen LogP) is 6.04. The van der Waals surface area contributed by atoms with E-state index in [1.165, 1.54) is 0 Å². The van der Waals surface area contributed by atoms with Gasteiger partial charge in [-0.15, -0.1) is 0 Å². The number of rotatable bonds is 11. The normalized spacial score (nSPS) is 30.5. The highest BCUT2D eigenvalue weighted by Crippen LogP contribution is 2.57. The quantitative estimate of drug-likeness (QED) is 0.208. The van der Waals surface area contributed by atoms with E-state index < -0.39 is 25.8 Å². The Morgan fingerprint density at radius 1 is 1.09 bits per heavy atom. The first-order valence-electron chi connectivity index (χ1n) is 12.3. The second-order valence-corrected chi connectivity index (χ2v) is 12.2. The standard InChI is InChI=1S/C25H43O6P/c1-8-29-32(28,30-9-2)16-23(26)31-22-14-15-25(7)20(12-13-21(25)24(22)27)19(6)11-10-18(5)17(3)4/h10-11,17-22H,8-9,12-16H2,1-7H3/b11-10+/t18-,19+,20+,21-,22+,25+/m0/s1. The Morgan fingerprint density at radius 3 is 2.28 bits per heavy atom. The average Bonchev–Trinajstić information content (AvgIpc) is 3.06. The SMILES string of the molecule is CCOP(=O)(CC(=O)O[C@@H]1CC[C@]2(C)[C@@H]([C@H](C)/C=C/[C@H](C)C(C)C)CC[C@H]2C1=O)OCC.